The van der Waals surface area contributed by atoms with Crippen LogP contribution in [0.25, 0.3) is 11.4 Å². The first-order chi connectivity index (χ1) is 9.06. The predicted octanol–water partition coefficient (Wildman–Crippen LogP) is 3.27. The van der Waals surface area contributed by atoms with Gasteiger partial charge in [0.05, 0.1) is 11.6 Å². The highest BCUT2D eigenvalue weighted by atomic mass is 35.5. The van der Waals surface area contributed by atoms with Crippen LogP contribution in [0.2, 0.25) is 5.02 Å². The van der Waals surface area contributed by atoms with Crippen LogP contribution in [0.5, 0.6) is 0 Å². The van der Waals surface area contributed by atoms with Gasteiger partial charge in [-0.3, -0.25) is 0 Å². The second-order valence-corrected chi connectivity index (χ2v) is 5.07. The SMILES string of the molecule is CC(C)CNCc1nc(-c2ccc(F)c(Cl)c2)no1. The molecule has 0 radical (unpaired) electrons. The lowest BCUT2D eigenvalue weighted by Gasteiger charge is -2.03. The van der Waals surface area contributed by atoms with Crippen LogP contribution < -0.4 is 5.32 Å². The van der Waals surface area contributed by atoms with Gasteiger partial charge in [0.15, 0.2) is 0 Å². The molecule has 2 rings (SSSR count). The van der Waals surface area contributed by atoms with Crippen molar-refractivity contribution in [3.8, 4) is 11.4 Å². The summed E-state index contributed by atoms with van der Waals surface area (Å²) in [6.07, 6.45) is 0. The molecule has 19 heavy (non-hydrogen) atoms. The van der Waals surface area contributed by atoms with Crippen molar-refractivity contribution < 1.29 is 8.91 Å². The molecule has 2 aromatic rings. The van der Waals surface area contributed by atoms with Crippen LogP contribution in [-0.2, 0) is 6.54 Å². The van der Waals surface area contributed by atoms with Gasteiger partial charge in [0, 0.05) is 5.56 Å². The summed E-state index contributed by atoms with van der Waals surface area (Å²) < 4.78 is 18.2. The Labute approximate surface area is 116 Å². The molecule has 0 bridgehead atoms. The summed E-state index contributed by atoms with van der Waals surface area (Å²) in [5, 5.41) is 7.10. The first-order valence-corrected chi connectivity index (χ1v) is 6.43. The highest BCUT2D eigenvalue weighted by Crippen LogP contribution is 2.22. The molecule has 1 aromatic heterocycles. The maximum atomic E-state index is 13.1. The highest BCUT2D eigenvalue weighted by molar-refractivity contribution is 6.31. The van der Waals surface area contributed by atoms with Crippen LogP contribution in [0.1, 0.15) is 19.7 Å². The Morgan fingerprint density at radius 2 is 2.21 bits per heavy atom. The van der Waals surface area contributed by atoms with Gasteiger partial charge in [0.25, 0.3) is 0 Å². The second kappa shape index (κ2) is 6.12. The number of halogens is 2. The van der Waals surface area contributed by atoms with E-state index in [9.17, 15) is 4.39 Å². The molecule has 0 saturated carbocycles. The third kappa shape index (κ3) is 3.75. The van der Waals surface area contributed by atoms with E-state index < -0.39 is 5.82 Å². The standard InChI is InChI=1S/C13H15ClFN3O/c1-8(2)6-16-7-12-17-13(18-19-12)9-3-4-11(15)10(14)5-9/h3-5,8,16H,6-7H2,1-2H3. The van der Waals surface area contributed by atoms with E-state index in [-0.39, 0.29) is 5.02 Å². The first kappa shape index (κ1) is 14.0. The van der Waals surface area contributed by atoms with E-state index in [1.165, 1.54) is 12.1 Å². The molecule has 0 unspecified atom stereocenters. The number of nitrogens with zero attached hydrogens (tertiary/aromatic N) is 2. The number of benzene rings is 1. The maximum absolute atomic E-state index is 13.1. The highest BCUT2D eigenvalue weighted by Gasteiger charge is 2.10. The first-order valence-electron chi connectivity index (χ1n) is 6.05. The van der Waals surface area contributed by atoms with E-state index in [2.05, 4.69) is 29.3 Å². The summed E-state index contributed by atoms with van der Waals surface area (Å²) in [5.74, 6) is 0.991. The largest absolute Gasteiger partial charge is 0.338 e. The van der Waals surface area contributed by atoms with Crippen molar-refractivity contribution in [2.24, 2.45) is 5.92 Å². The van der Waals surface area contributed by atoms with E-state index in [1.807, 2.05) is 0 Å². The maximum Gasteiger partial charge on any atom is 0.240 e. The van der Waals surface area contributed by atoms with Gasteiger partial charge in [-0.2, -0.15) is 4.98 Å². The molecule has 1 N–H and O–H groups in total. The lowest BCUT2D eigenvalue weighted by atomic mass is 10.2. The van der Waals surface area contributed by atoms with E-state index in [0.717, 1.165) is 6.54 Å². The summed E-state index contributed by atoms with van der Waals surface area (Å²) in [6, 6.07) is 4.33. The smallest absolute Gasteiger partial charge is 0.240 e. The van der Waals surface area contributed by atoms with Crippen molar-refractivity contribution in [3.63, 3.8) is 0 Å². The number of rotatable bonds is 5. The quantitative estimate of drug-likeness (QED) is 0.915. The predicted molar refractivity (Wildman–Crippen MR) is 71.2 cm³/mol. The molecular formula is C13H15ClFN3O. The summed E-state index contributed by atoms with van der Waals surface area (Å²) in [4.78, 5) is 4.23. The van der Waals surface area contributed by atoms with Crippen LogP contribution in [0, 0.1) is 11.7 Å². The zero-order chi connectivity index (χ0) is 13.8. The van der Waals surface area contributed by atoms with Crippen LogP contribution in [0.15, 0.2) is 22.7 Å². The lowest BCUT2D eigenvalue weighted by Crippen LogP contribution is -2.19. The van der Waals surface area contributed by atoms with E-state index in [0.29, 0.717) is 29.7 Å². The second-order valence-electron chi connectivity index (χ2n) is 4.67. The van der Waals surface area contributed by atoms with E-state index in [4.69, 9.17) is 16.1 Å². The molecular weight excluding hydrogens is 269 g/mol. The molecule has 0 fully saturated rings. The molecule has 1 heterocycles. The number of hydrogen-bond acceptors (Lipinski definition) is 4. The summed E-state index contributed by atoms with van der Waals surface area (Å²) in [5.41, 5.74) is 0.630. The van der Waals surface area contributed by atoms with E-state index >= 15 is 0 Å². The van der Waals surface area contributed by atoms with Crippen LogP contribution in [0.3, 0.4) is 0 Å². The molecule has 0 aliphatic heterocycles. The van der Waals surface area contributed by atoms with Crippen LogP contribution >= 0.6 is 11.6 Å². The fraction of sp³-hybridized carbons (Fsp3) is 0.385. The van der Waals surface area contributed by atoms with E-state index in [1.54, 1.807) is 6.07 Å². The summed E-state index contributed by atoms with van der Waals surface area (Å²) in [6.45, 7) is 5.62. The fourth-order valence-electron chi connectivity index (χ4n) is 1.55. The fourth-order valence-corrected chi connectivity index (χ4v) is 1.73. The molecule has 4 nitrogen and oxygen atoms in total. The van der Waals surface area contributed by atoms with Crippen molar-refractivity contribution in [1.29, 1.82) is 0 Å². The van der Waals surface area contributed by atoms with Crippen molar-refractivity contribution in [2.45, 2.75) is 20.4 Å². The zero-order valence-electron chi connectivity index (χ0n) is 10.8. The van der Waals surface area contributed by atoms with Gasteiger partial charge >= 0.3 is 0 Å². The Morgan fingerprint density at radius 3 is 2.89 bits per heavy atom. The van der Waals surface area contributed by atoms with Gasteiger partial charge in [-0.05, 0) is 30.7 Å². The van der Waals surface area contributed by atoms with Crippen LogP contribution in [-0.4, -0.2) is 16.7 Å². The van der Waals surface area contributed by atoms with Gasteiger partial charge in [-0.15, -0.1) is 0 Å². The summed E-state index contributed by atoms with van der Waals surface area (Å²) >= 11 is 5.72. The lowest BCUT2D eigenvalue weighted by molar-refractivity contribution is 0.364. The van der Waals surface area contributed by atoms with Gasteiger partial charge in [0.2, 0.25) is 11.7 Å². The molecule has 0 aliphatic carbocycles. The normalized spacial score (nSPS) is 11.2. The van der Waals surface area contributed by atoms with Crippen LogP contribution in [0.4, 0.5) is 4.39 Å². The molecule has 1 aromatic carbocycles. The Balaban J connectivity index is 2.05. The molecule has 102 valence electrons. The molecule has 6 heteroatoms. The minimum absolute atomic E-state index is 0.0433. The molecule has 0 amide bonds. The Bertz CT molecular complexity index is 557. The zero-order valence-corrected chi connectivity index (χ0v) is 11.5. The number of hydrogen-bond donors (Lipinski definition) is 1. The average molecular weight is 284 g/mol. The number of nitrogens with one attached hydrogen (secondary N) is 1. The molecule has 0 aliphatic rings. The van der Waals surface area contributed by atoms with Crippen molar-refractivity contribution in [3.05, 3.63) is 34.9 Å². The third-order valence-corrected chi connectivity index (χ3v) is 2.76. The van der Waals surface area contributed by atoms with Gasteiger partial charge in [-0.1, -0.05) is 30.6 Å². The van der Waals surface area contributed by atoms with Gasteiger partial charge < -0.3 is 9.84 Å². The summed E-state index contributed by atoms with van der Waals surface area (Å²) in [7, 11) is 0. The van der Waals surface area contributed by atoms with Crippen molar-refractivity contribution in [1.82, 2.24) is 15.5 Å². The molecule has 0 atom stereocenters. The van der Waals surface area contributed by atoms with Crippen molar-refractivity contribution >= 4 is 11.6 Å². The Morgan fingerprint density at radius 1 is 1.42 bits per heavy atom. The Hall–Kier alpha value is -1.46. The average Bonchev–Trinajstić information content (AvgIpc) is 2.81. The Kier molecular flexibility index (Phi) is 4.50. The third-order valence-electron chi connectivity index (χ3n) is 2.47. The monoisotopic (exact) mass is 283 g/mol. The molecule has 0 spiro atoms. The van der Waals surface area contributed by atoms with Gasteiger partial charge in [-0.25, -0.2) is 4.39 Å². The van der Waals surface area contributed by atoms with Crippen molar-refractivity contribution in [2.75, 3.05) is 6.54 Å². The molecule has 0 saturated heterocycles. The number of aromatic nitrogens is 2. The minimum atomic E-state index is -0.465. The minimum Gasteiger partial charge on any atom is -0.338 e. The van der Waals surface area contributed by atoms with Gasteiger partial charge in [0.1, 0.15) is 5.82 Å². The topological polar surface area (TPSA) is 51.0 Å².